The molecule has 2 aliphatic heterocycles. The van der Waals surface area contributed by atoms with Crippen LogP contribution >= 0.6 is 11.6 Å². The Hall–Kier alpha value is -1.79. The first-order chi connectivity index (χ1) is 14.1. The van der Waals surface area contributed by atoms with Gasteiger partial charge in [0, 0.05) is 35.3 Å². The SMILES string of the molecule is CCN1[C@H](c2ccc(Cl)cc2)[C@H](CNCc2cccc3c2OCO3)C[C@]1(C)CO. The number of nitrogens with zero attached hydrogens (tertiary/aromatic N) is 1. The normalized spacial score (nSPS) is 26.2. The molecular formula is C23H29ClN2O3. The highest BCUT2D eigenvalue weighted by Gasteiger charge is 2.47. The molecule has 2 heterocycles. The van der Waals surface area contributed by atoms with E-state index in [0.717, 1.165) is 48.1 Å². The zero-order valence-electron chi connectivity index (χ0n) is 17.0. The van der Waals surface area contributed by atoms with E-state index in [0.29, 0.717) is 5.92 Å². The lowest BCUT2D eigenvalue weighted by Gasteiger charge is -2.37. The number of ether oxygens (including phenoxy) is 2. The standard InChI is InChI=1S/C23H29ClN2O3/c1-3-26-21(16-7-9-19(24)10-8-16)18(11-23(26,2)14-27)13-25-12-17-5-4-6-20-22(17)29-15-28-20/h4-10,18,21,25,27H,3,11-15H2,1-2H3/t18-,21+,23+/m0/s1. The zero-order valence-corrected chi connectivity index (χ0v) is 17.8. The van der Waals surface area contributed by atoms with E-state index in [1.54, 1.807) is 0 Å². The lowest BCUT2D eigenvalue weighted by atomic mass is 9.90. The molecule has 29 heavy (non-hydrogen) atoms. The third-order valence-electron chi connectivity index (χ3n) is 6.27. The lowest BCUT2D eigenvalue weighted by Crippen LogP contribution is -2.45. The van der Waals surface area contributed by atoms with E-state index in [-0.39, 0.29) is 25.0 Å². The van der Waals surface area contributed by atoms with Crippen LogP contribution in [0.4, 0.5) is 0 Å². The Labute approximate surface area is 177 Å². The summed E-state index contributed by atoms with van der Waals surface area (Å²) in [5.74, 6) is 2.03. The minimum Gasteiger partial charge on any atom is -0.454 e. The summed E-state index contributed by atoms with van der Waals surface area (Å²) in [6, 6.07) is 14.4. The van der Waals surface area contributed by atoms with Crippen molar-refractivity contribution in [1.29, 1.82) is 0 Å². The molecule has 2 aromatic carbocycles. The summed E-state index contributed by atoms with van der Waals surface area (Å²) in [7, 11) is 0. The second kappa shape index (κ2) is 8.52. The van der Waals surface area contributed by atoms with Crippen LogP contribution in [0.1, 0.15) is 37.4 Å². The zero-order chi connectivity index (χ0) is 20.4. The Bertz CT molecular complexity index is 845. The average Bonchev–Trinajstić information content (AvgIpc) is 3.32. The number of nitrogens with one attached hydrogen (secondary N) is 1. The number of para-hydroxylation sites is 1. The number of aliphatic hydroxyl groups excluding tert-OH is 1. The summed E-state index contributed by atoms with van der Waals surface area (Å²) in [6.45, 7) is 7.22. The van der Waals surface area contributed by atoms with Crippen LogP contribution in [0.2, 0.25) is 5.02 Å². The third kappa shape index (κ3) is 3.97. The van der Waals surface area contributed by atoms with E-state index >= 15 is 0 Å². The molecule has 0 amide bonds. The predicted molar refractivity (Wildman–Crippen MR) is 114 cm³/mol. The van der Waals surface area contributed by atoms with Gasteiger partial charge in [-0.25, -0.2) is 0 Å². The molecule has 0 radical (unpaired) electrons. The van der Waals surface area contributed by atoms with Crippen molar-refractivity contribution in [2.75, 3.05) is 26.5 Å². The summed E-state index contributed by atoms with van der Waals surface area (Å²) < 4.78 is 11.1. The molecule has 0 aliphatic carbocycles. The third-order valence-corrected chi connectivity index (χ3v) is 6.52. The van der Waals surface area contributed by atoms with Crippen molar-refractivity contribution < 1.29 is 14.6 Å². The van der Waals surface area contributed by atoms with Crippen molar-refractivity contribution in [1.82, 2.24) is 10.2 Å². The van der Waals surface area contributed by atoms with Crippen molar-refractivity contribution in [2.24, 2.45) is 5.92 Å². The first-order valence-electron chi connectivity index (χ1n) is 10.3. The number of fused-ring (bicyclic) bond motifs is 1. The van der Waals surface area contributed by atoms with E-state index < -0.39 is 0 Å². The average molecular weight is 417 g/mol. The largest absolute Gasteiger partial charge is 0.454 e. The Morgan fingerprint density at radius 2 is 2.00 bits per heavy atom. The monoisotopic (exact) mass is 416 g/mol. The maximum Gasteiger partial charge on any atom is 0.231 e. The van der Waals surface area contributed by atoms with Gasteiger partial charge >= 0.3 is 0 Å². The van der Waals surface area contributed by atoms with Gasteiger partial charge < -0.3 is 19.9 Å². The maximum absolute atomic E-state index is 10.1. The Morgan fingerprint density at radius 1 is 1.21 bits per heavy atom. The minimum absolute atomic E-state index is 0.152. The first-order valence-corrected chi connectivity index (χ1v) is 10.6. The fourth-order valence-corrected chi connectivity index (χ4v) is 5.06. The van der Waals surface area contributed by atoms with Gasteiger partial charge in [-0.2, -0.15) is 0 Å². The summed E-state index contributed by atoms with van der Waals surface area (Å²) >= 11 is 6.12. The molecule has 2 aromatic rings. The van der Waals surface area contributed by atoms with Crippen LogP contribution in [-0.2, 0) is 6.54 Å². The van der Waals surface area contributed by atoms with Crippen LogP contribution in [0.25, 0.3) is 0 Å². The Kier molecular flexibility index (Phi) is 6.02. The smallest absolute Gasteiger partial charge is 0.231 e. The molecule has 6 heteroatoms. The van der Waals surface area contributed by atoms with Gasteiger partial charge in [-0.3, -0.25) is 4.90 Å². The lowest BCUT2D eigenvalue weighted by molar-refractivity contribution is 0.0579. The number of hydrogen-bond acceptors (Lipinski definition) is 5. The van der Waals surface area contributed by atoms with Crippen molar-refractivity contribution in [3.8, 4) is 11.5 Å². The fraction of sp³-hybridized carbons (Fsp3) is 0.478. The minimum atomic E-state index is -0.226. The van der Waals surface area contributed by atoms with Gasteiger partial charge in [-0.15, -0.1) is 0 Å². The second-order valence-electron chi connectivity index (χ2n) is 8.18. The number of likely N-dealkylation sites (tertiary alicyclic amines) is 1. The predicted octanol–water partition coefficient (Wildman–Crippen LogP) is 3.99. The first kappa shape index (κ1) is 20.5. The van der Waals surface area contributed by atoms with Gasteiger partial charge in [0.15, 0.2) is 11.5 Å². The molecule has 0 saturated carbocycles. The summed E-state index contributed by atoms with van der Waals surface area (Å²) in [5, 5.41) is 14.5. The summed E-state index contributed by atoms with van der Waals surface area (Å²) in [6.07, 6.45) is 0.935. The molecule has 0 bridgehead atoms. The van der Waals surface area contributed by atoms with Gasteiger partial charge in [0.1, 0.15) is 0 Å². The van der Waals surface area contributed by atoms with Gasteiger partial charge in [-0.1, -0.05) is 42.8 Å². The van der Waals surface area contributed by atoms with Crippen molar-refractivity contribution in [2.45, 2.75) is 38.4 Å². The highest BCUT2D eigenvalue weighted by Crippen LogP contribution is 2.46. The molecule has 4 rings (SSSR count). The molecule has 5 nitrogen and oxygen atoms in total. The van der Waals surface area contributed by atoms with Crippen molar-refractivity contribution in [3.63, 3.8) is 0 Å². The fourth-order valence-electron chi connectivity index (χ4n) is 4.94. The molecule has 0 spiro atoms. The van der Waals surface area contributed by atoms with Gasteiger partial charge in [0.05, 0.1) is 6.61 Å². The quantitative estimate of drug-likeness (QED) is 0.714. The van der Waals surface area contributed by atoms with Crippen LogP contribution in [0, 0.1) is 5.92 Å². The molecule has 2 aliphatic rings. The van der Waals surface area contributed by atoms with Gasteiger partial charge in [0.2, 0.25) is 6.79 Å². The number of aliphatic hydroxyl groups is 1. The highest BCUT2D eigenvalue weighted by atomic mass is 35.5. The molecule has 1 saturated heterocycles. The molecule has 0 aromatic heterocycles. The highest BCUT2D eigenvalue weighted by molar-refractivity contribution is 6.30. The molecule has 1 fully saturated rings. The number of hydrogen-bond donors (Lipinski definition) is 2. The van der Waals surface area contributed by atoms with Crippen LogP contribution in [-0.4, -0.2) is 42.0 Å². The van der Waals surface area contributed by atoms with Crippen LogP contribution in [0.3, 0.4) is 0 Å². The Morgan fingerprint density at radius 3 is 2.72 bits per heavy atom. The van der Waals surface area contributed by atoms with E-state index in [4.69, 9.17) is 21.1 Å². The molecule has 0 unspecified atom stereocenters. The topological polar surface area (TPSA) is 54.0 Å². The molecular weight excluding hydrogens is 388 g/mol. The molecule has 2 N–H and O–H groups in total. The van der Waals surface area contributed by atoms with E-state index in [1.807, 2.05) is 24.3 Å². The van der Waals surface area contributed by atoms with Crippen molar-refractivity contribution >= 4 is 11.6 Å². The number of rotatable bonds is 7. The number of halogens is 1. The molecule has 3 atom stereocenters. The maximum atomic E-state index is 10.1. The van der Waals surface area contributed by atoms with Crippen molar-refractivity contribution in [3.05, 3.63) is 58.6 Å². The van der Waals surface area contributed by atoms with E-state index in [9.17, 15) is 5.11 Å². The summed E-state index contributed by atoms with van der Waals surface area (Å²) in [5.41, 5.74) is 2.13. The number of likely N-dealkylation sites (N-methyl/N-ethyl adjacent to an activating group) is 1. The van der Waals surface area contributed by atoms with Crippen LogP contribution in [0.5, 0.6) is 11.5 Å². The van der Waals surface area contributed by atoms with Crippen LogP contribution in [0.15, 0.2) is 42.5 Å². The molecule has 156 valence electrons. The summed E-state index contributed by atoms with van der Waals surface area (Å²) in [4.78, 5) is 2.43. The van der Waals surface area contributed by atoms with Gasteiger partial charge in [0.25, 0.3) is 0 Å². The van der Waals surface area contributed by atoms with E-state index in [1.165, 1.54) is 5.56 Å². The second-order valence-corrected chi connectivity index (χ2v) is 8.62. The van der Waals surface area contributed by atoms with E-state index in [2.05, 4.69) is 42.3 Å². The Balaban J connectivity index is 1.51. The van der Waals surface area contributed by atoms with Crippen LogP contribution < -0.4 is 14.8 Å². The number of benzene rings is 2. The van der Waals surface area contributed by atoms with Gasteiger partial charge in [-0.05, 0) is 49.6 Å².